The molecule has 0 spiro atoms. The molecule has 0 amide bonds. The Kier molecular flexibility index (Phi) is 8.74. The quantitative estimate of drug-likeness (QED) is 0.388. The third kappa shape index (κ3) is 8.05. The molecule has 0 aromatic heterocycles. The highest BCUT2D eigenvalue weighted by Gasteiger charge is 2.30. The van der Waals surface area contributed by atoms with Gasteiger partial charge in [-0.05, 0) is 30.7 Å². The summed E-state index contributed by atoms with van der Waals surface area (Å²) in [6.07, 6.45) is 4.78. The molecule has 5 heteroatoms. The molecule has 0 aliphatic carbocycles. The molecule has 0 bridgehead atoms. The predicted octanol–water partition coefficient (Wildman–Crippen LogP) is 6.00. The molecule has 0 aliphatic rings. The van der Waals surface area contributed by atoms with E-state index in [2.05, 4.69) is 6.92 Å². The van der Waals surface area contributed by atoms with Crippen molar-refractivity contribution in [1.29, 1.82) is 0 Å². The number of benzene rings is 1. The summed E-state index contributed by atoms with van der Waals surface area (Å²) in [7, 11) is 0. The molecule has 0 saturated heterocycles. The third-order valence-corrected chi connectivity index (χ3v) is 3.68. The van der Waals surface area contributed by atoms with Gasteiger partial charge in [-0.25, -0.2) is 4.79 Å². The van der Waals surface area contributed by atoms with Gasteiger partial charge in [0, 0.05) is 0 Å². The fraction of sp³-hybridized carbons (Fsp3) is 0.611. The van der Waals surface area contributed by atoms with Crippen LogP contribution >= 0.6 is 0 Å². The van der Waals surface area contributed by atoms with Gasteiger partial charge in [-0.1, -0.05) is 51.9 Å². The van der Waals surface area contributed by atoms with E-state index < -0.39 is 17.7 Å². The minimum absolute atomic E-state index is 0.151. The van der Waals surface area contributed by atoms with E-state index in [0.717, 1.165) is 43.5 Å². The fourth-order valence-corrected chi connectivity index (χ4v) is 2.28. The standard InChI is InChI=1S/C18H25F3O2/c1-2-3-4-5-6-7-8-9-14-23-17(22)15-10-12-16(13-11-15)18(19,20)21/h10-13H,2-9,14H2,1H3. The third-order valence-electron chi connectivity index (χ3n) is 3.68. The van der Waals surface area contributed by atoms with Gasteiger partial charge >= 0.3 is 12.1 Å². The Morgan fingerprint density at radius 2 is 1.43 bits per heavy atom. The van der Waals surface area contributed by atoms with E-state index in [1.165, 1.54) is 32.1 Å². The molecule has 2 nitrogen and oxygen atoms in total. The average Bonchev–Trinajstić information content (AvgIpc) is 2.52. The second-order valence-corrected chi connectivity index (χ2v) is 5.69. The van der Waals surface area contributed by atoms with Gasteiger partial charge in [0.25, 0.3) is 0 Å². The predicted molar refractivity (Wildman–Crippen MR) is 84.3 cm³/mol. The van der Waals surface area contributed by atoms with E-state index >= 15 is 0 Å². The molecule has 1 aromatic carbocycles. The highest BCUT2D eigenvalue weighted by molar-refractivity contribution is 5.89. The normalized spacial score (nSPS) is 11.5. The van der Waals surface area contributed by atoms with Crippen molar-refractivity contribution in [1.82, 2.24) is 0 Å². The number of hydrogen-bond acceptors (Lipinski definition) is 2. The first kappa shape index (κ1) is 19.5. The van der Waals surface area contributed by atoms with Crippen LogP contribution in [0.15, 0.2) is 24.3 Å². The maximum absolute atomic E-state index is 12.4. The molecule has 0 heterocycles. The molecule has 1 rings (SSSR count). The first-order valence-electron chi connectivity index (χ1n) is 8.29. The first-order chi connectivity index (χ1) is 10.9. The lowest BCUT2D eigenvalue weighted by atomic mass is 10.1. The highest BCUT2D eigenvalue weighted by Crippen LogP contribution is 2.29. The van der Waals surface area contributed by atoms with Crippen LogP contribution in [0, 0.1) is 0 Å². The monoisotopic (exact) mass is 330 g/mol. The van der Waals surface area contributed by atoms with Gasteiger partial charge < -0.3 is 4.74 Å². The summed E-state index contributed by atoms with van der Waals surface area (Å²) in [6, 6.07) is 4.09. The first-order valence-corrected chi connectivity index (χ1v) is 8.29. The Hall–Kier alpha value is -1.52. The Morgan fingerprint density at radius 3 is 1.96 bits per heavy atom. The lowest BCUT2D eigenvalue weighted by molar-refractivity contribution is -0.137. The van der Waals surface area contributed by atoms with Crippen LogP contribution < -0.4 is 0 Å². The van der Waals surface area contributed by atoms with Gasteiger partial charge in [0.1, 0.15) is 0 Å². The van der Waals surface area contributed by atoms with E-state index in [9.17, 15) is 18.0 Å². The molecule has 130 valence electrons. The zero-order valence-electron chi connectivity index (χ0n) is 13.6. The van der Waals surface area contributed by atoms with Gasteiger partial charge in [-0.3, -0.25) is 0 Å². The van der Waals surface area contributed by atoms with Crippen molar-refractivity contribution in [3.05, 3.63) is 35.4 Å². The summed E-state index contributed by atoms with van der Waals surface area (Å²) in [5, 5.41) is 0. The number of alkyl halides is 3. The maximum atomic E-state index is 12.4. The van der Waals surface area contributed by atoms with Crippen LogP contribution in [0.5, 0.6) is 0 Å². The molecule has 0 unspecified atom stereocenters. The number of esters is 1. The molecule has 0 aliphatic heterocycles. The van der Waals surface area contributed by atoms with Crippen LogP contribution in [0.2, 0.25) is 0 Å². The Labute approximate surface area is 136 Å². The molecular formula is C18H25F3O2. The summed E-state index contributed by atoms with van der Waals surface area (Å²) in [6.45, 7) is 2.50. The summed E-state index contributed by atoms with van der Waals surface area (Å²) in [5.74, 6) is -0.568. The number of carbonyl (C=O) groups is 1. The average molecular weight is 330 g/mol. The number of ether oxygens (including phenoxy) is 1. The second kappa shape index (κ2) is 10.3. The zero-order valence-corrected chi connectivity index (χ0v) is 13.6. The van der Waals surface area contributed by atoms with Crippen molar-refractivity contribution in [2.75, 3.05) is 6.61 Å². The van der Waals surface area contributed by atoms with Crippen LogP contribution in [0.4, 0.5) is 13.2 Å². The van der Waals surface area contributed by atoms with Crippen molar-refractivity contribution in [3.63, 3.8) is 0 Å². The van der Waals surface area contributed by atoms with E-state index in [4.69, 9.17) is 4.74 Å². The molecule has 0 N–H and O–H groups in total. The summed E-state index contributed by atoms with van der Waals surface area (Å²) < 4.78 is 42.3. The fourth-order valence-electron chi connectivity index (χ4n) is 2.28. The number of rotatable bonds is 10. The van der Waals surface area contributed by atoms with Crippen LogP contribution in [0.1, 0.15) is 74.2 Å². The lowest BCUT2D eigenvalue weighted by Crippen LogP contribution is -2.08. The van der Waals surface area contributed by atoms with E-state index in [1.807, 2.05) is 0 Å². The topological polar surface area (TPSA) is 26.3 Å². The molecular weight excluding hydrogens is 305 g/mol. The Balaban J connectivity index is 2.17. The number of halogens is 3. The van der Waals surface area contributed by atoms with Crippen LogP contribution in [0.25, 0.3) is 0 Å². The largest absolute Gasteiger partial charge is 0.462 e. The van der Waals surface area contributed by atoms with Crippen LogP contribution in [-0.4, -0.2) is 12.6 Å². The van der Waals surface area contributed by atoms with Crippen molar-refractivity contribution < 1.29 is 22.7 Å². The van der Waals surface area contributed by atoms with Crippen LogP contribution in [-0.2, 0) is 10.9 Å². The SMILES string of the molecule is CCCCCCCCCCOC(=O)c1ccc(C(F)(F)F)cc1. The smallest absolute Gasteiger partial charge is 0.416 e. The van der Waals surface area contributed by atoms with Gasteiger partial charge in [0.15, 0.2) is 0 Å². The van der Waals surface area contributed by atoms with E-state index in [-0.39, 0.29) is 5.56 Å². The Morgan fingerprint density at radius 1 is 0.913 bits per heavy atom. The minimum atomic E-state index is -4.39. The van der Waals surface area contributed by atoms with Gasteiger partial charge in [0.05, 0.1) is 17.7 Å². The molecule has 1 aromatic rings. The van der Waals surface area contributed by atoms with Crippen molar-refractivity contribution in [2.45, 2.75) is 64.5 Å². The second-order valence-electron chi connectivity index (χ2n) is 5.69. The molecule has 23 heavy (non-hydrogen) atoms. The van der Waals surface area contributed by atoms with Crippen molar-refractivity contribution in [3.8, 4) is 0 Å². The highest BCUT2D eigenvalue weighted by atomic mass is 19.4. The minimum Gasteiger partial charge on any atom is -0.462 e. The van der Waals surface area contributed by atoms with Gasteiger partial charge in [-0.2, -0.15) is 13.2 Å². The van der Waals surface area contributed by atoms with E-state index in [1.54, 1.807) is 0 Å². The number of carbonyl (C=O) groups excluding carboxylic acids is 1. The summed E-state index contributed by atoms with van der Waals surface area (Å²) in [4.78, 5) is 11.7. The zero-order chi connectivity index (χ0) is 17.1. The molecule has 0 saturated carbocycles. The maximum Gasteiger partial charge on any atom is 0.416 e. The van der Waals surface area contributed by atoms with Gasteiger partial charge in [0.2, 0.25) is 0 Å². The Bertz CT molecular complexity index is 452. The van der Waals surface area contributed by atoms with Crippen molar-refractivity contribution >= 4 is 5.97 Å². The molecule has 0 atom stereocenters. The lowest BCUT2D eigenvalue weighted by Gasteiger charge is -2.08. The van der Waals surface area contributed by atoms with E-state index in [0.29, 0.717) is 6.61 Å². The molecule has 0 radical (unpaired) electrons. The number of unbranched alkanes of at least 4 members (excludes halogenated alkanes) is 7. The number of hydrogen-bond donors (Lipinski definition) is 0. The van der Waals surface area contributed by atoms with Crippen molar-refractivity contribution in [2.24, 2.45) is 0 Å². The molecule has 0 fully saturated rings. The van der Waals surface area contributed by atoms with Gasteiger partial charge in [-0.15, -0.1) is 0 Å². The summed E-state index contributed by atoms with van der Waals surface area (Å²) in [5.41, 5.74) is -0.616. The summed E-state index contributed by atoms with van der Waals surface area (Å²) >= 11 is 0. The van der Waals surface area contributed by atoms with Crippen LogP contribution in [0.3, 0.4) is 0 Å².